The van der Waals surface area contributed by atoms with Gasteiger partial charge in [0.2, 0.25) is 0 Å². The van der Waals surface area contributed by atoms with Crippen molar-refractivity contribution in [3.63, 3.8) is 0 Å². The van der Waals surface area contributed by atoms with E-state index in [1.54, 1.807) is 0 Å². The van der Waals surface area contributed by atoms with E-state index in [2.05, 4.69) is 4.90 Å². The standard InChI is InChI=1S/C16H22F2N4O3S/c1-19-4-8-21(9-5-19)26(24,25)22-10-6-20(7-11-22)16(23)14-12-13(17)2-3-15(14)18/h2-3,12H,4-11H2,1H3. The van der Waals surface area contributed by atoms with Gasteiger partial charge >= 0.3 is 0 Å². The largest absolute Gasteiger partial charge is 0.336 e. The molecule has 2 saturated heterocycles. The molecule has 3 rings (SSSR count). The summed E-state index contributed by atoms with van der Waals surface area (Å²) in [7, 11) is -1.62. The Morgan fingerprint density at radius 3 is 2.04 bits per heavy atom. The number of hydrogen-bond acceptors (Lipinski definition) is 4. The van der Waals surface area contributed by atoms with E-state index in [0.29, 0.717) is 26.2 Å². The third-order valence-electron chi connectivity index (χ3n) is 4.80. The summed E-state index contributed by atoms with van der Waals surface area (Å²) in [4.78, 5) is 15.8. The van der Waals surface area contributed by atoms with Gasteiger partial charge in [-0.15, -0.1) is 0 Å². The lowest BCUT2D eigenvalue weighted by Gasteiger charge is -2.39. The minimum atomic E-state index is -3.57. The van der Waals surface area contributed by atoms with Gasteiger partial charge in [0.1, 0.15) is 11.6 Å². The molecule has 2 aliphatic heterocycles. The summed E-state index contributed by atoms with van der Waals surface area (Å²) >= 11 is 0. The van der Waals surface area contributed by atoms with Crippen molar-refractivity contribution in [3.05, 3.63) is 35.4 Å². The highest BCUT2D eigenvalue weighted by Gasteiger charge is 2.35. The smallest absolute Gasteiger partial charge is 0.282 e. The van der Waals surface area contributed by atoms with Gasteiger partial charge < -0.3 is 9.80 Å². The van der Waals surface area contributed by atoms with Crippen LogP contribution in [0.5, 0.6) is 0 Å². The van der Waals surface area contributed by atoms with Gasteiger partial charge in [0.25, 0.3) is 16.1 Å². The monoisotopic (exact) mass is 388 g/mol. The number of hydrogen-bond donors (Lipinski definition) is 0. The predicted molar refractivity (Wildman–Crippen MR) is 91.8 cm³/mol. The van der Waals surface area contributed by atoms with Crippen LogP contribution >= 0.6 is 0 Å². The lowest BCUT2D eigenvalue weighted by atomic mass is 10.1. The van der Waals surface area contributed by atoms with Crippen molar-refractivity contribution in [3.8, 4) is 0 Å². The first kappa shape index (κ1) is 19.2. The molecule has 26 heavy (non-hydrogen) atoms. The van der Waals surface area contributed by atoms with Gasteiger partial charge in [-0.1, -0.05) is 0 Å². The van der Waals surface area contributed by atoms with Gasteiger partial charge in [-0.05, 0) is 25.2 Å². The topological polar surface area (TPSA) is 64.2 Å². The Kier molecular flexibility index (Phi) is 5.56. The Bertz CT molecular complexity index is 774. The normalized spacial score (nSPS) is 21.1. The molecule has 0 saturated carbocycles. The second-order valence-corrected chi connectivity index (χ2v) is 8.45. The van der Waals surface area contributed by atoms with Gasteiger partial charge in [0, 0.05) is 52.4 Å². The van der Waals surface area contributed by atoms with E-state index < -0.39 is 27.8 Å². The molecule has 2 heterocycles. The molecule has 0 N–H and O–H groups in total. The molecular weight excluding hydrogens is 366 g/mol. The predicted octanol–water partition coefficient (Wildman–Crippen LogP) is 0.215. The fraction of sp³-hybridized carbons (Fsp3) is 0.562. The Balaban J connectivity index is 1.63. The van der Waals surface area contributed by atoms with Gasteiger partial charge in [-0.2, -0.15) is 17.0 Å². The molecule has 0 unspecified atom stereocenters. The van der Waals surface area contributed by atoms with Crippen LogP contribution in [-0.4, -0.2) is 92.1 Å². The van der Waals surface area contributed by atoms with Gasteiger partial charge in [0.15, 0.2) is 0 Å². The molecule has 1 aromatic carbocycles. The summed E-state index contributed by atoms with van der Waals surface area (Å²) in [5.74, 6) is -2.10. The van der Waals surface area contributed by atoms with Crippen molar-refractivity contribution in [1.29, 1.82) is 0 Å². The number of benzene rings is 1. The van der Waals surface area contributed by atoms with Crippen molar-refractivity contribution < 1.29 is 22.0 Å². The van der Waals surface area contributed by atoms with E-state index in [-0.39, 0.29) is 31.7 Å². The SMILES string of the molecule is CN1CCN(S(=O)(=O)N2CCN(C(=O)c3cc(F)ccc3F)CC2)CC1. The summed E-state index contributed by atoms with van der Waals surface area (Å²) < 4.78 is 55.3. The maximum Gasteiger partial charge on any atom is 0.282 e. The Hall–Kier alpha value is -1.62. The van der Waals surface area contributed by atoms with Crippen molar-refractivity contribution in [2.75, 3.05) is 59.4 Å². The number of nitrogens with zero attached hydrogens (tertiary/aromatic N) is 4. The molecule has 7 nitrogen and oxygen atoms in total. The van der Waals surface area contributed by atoms with Crippen LogP contribution in [0.25, 0.3) is 0 Å². The van der Waals surface area contributed by atoms with E-state index >= 15 is 0 Å². The molecule has 2 fully saturated rings. The number of amides is 1. The summed E-state index contributed by atoms with van der Waals surface area (Å²) in [5.41, 5.74) is -0.333. The number of halogens is 2. The van der Waals surface area contributed by atoms with E-state index in [4.69, 9.17) is 0 Å². The summed E-state index contributed by atoms with van der Waals surface area (Å²) in [6.45, 7) is 2.78. The van der Waals surface area contributed by atoms with Gasteiger partial charge in [-0.3, -0.25) is 4.79 Å². The van der Waals surface area contributed by atoms with E-state index in [0.717, 1.165) is 18.2 Å². The Morgan fingerprint density at radius 1 is 0.923 bits per heavy atom. The first-order chi connectivity index (χ1) is 12.3. The van der Waals surface area contributed by atoms with Crippen LogP contribution in [0.1, 0.15) is 10.4 Å². The lowest BCUT2D eigenvalue weighted by molar-refractivity contribution is 0.0687. The Labute approximate surface area is 151 Å². The third kappa shape index (κ3) is 3.88. The zero-order chi connectivity index (χ0) is 18.9. The molecule has 2 aliphatic rings. The molecule has 1 amide bonds. The number of piperazine rings is 2. The van der Waals surface area contributed by atoms with Gasteiger partial charge in [0.05, 0.1) is 5.56 Å². The summed E-state index contributed by atoms with van der Waals surface area (Å²) in [5, 5.41) is 0. The molecule has 144 valence electrons. The fourth-order valence-electron chi connectivity index (χ4n) is 3.14. The van der Waals surface area contributed by atoms with Crippen molar-refractivity contribution in [2.24, 2.45) is 0 Å². The van der Waals surface area contributed by atoms with E-state index in [9.17, 15) is 22.0 Å². The molecule has 0 aliphatic carbocycles. The molecule has 1 aromatic rings. The minimum Gasteiger partial charge on any atom is -0.336 e. The van der Waals surface area contributed by atoms with Crippen molar-refractivity contribution >= 4 is 16.1 Å². The maximum atomic E-state index is 13.8. The maximum absolute atomic E-state index is 13.8. The molecule has 0 spiro atoms. The van der Waals surface area contributed by atoms with E-state index in [1.165, 1.54) is 13.5 Å². The summed E-state index contributed by atoms with van der Waals surface area (Å²) in [6, 6.07) is 2.73. The quantitative estimate of drug-likeness (QED) is 0.743. The number of likely N-dealkylation sites (N-methyl/N-ethyl adjacent to an activating group) is 1. The minimum absolute atomic E-state index is 0.136. The molecule has 0 atom stereocenters. The first-order valence-electron chi connectivity index (χ1n) is 8.47. The second kappa shape index (κ2) is 7.55. The molecular formula is C16H22F2N4O3S. The van der Waals surface area contributed by atoms with Gasteiger partial charge in [-0.25, -0.2) is 8.78 Å². The molecule has 10 heteroatoms. The molecule has 0 bridgehead atoms. The highest BCUT2D eigenvalue weighted by atomic mass is 32.2. The Morgan fingerprint density at radius 2 is 1.46 bits per heavy atom. The van der Waals surface area contributed by atoms with E-state index in [1.807, 2.05) is 7.05 Å². The van der Waals surface area contributed by atoms with Crippen LogP contribution in [0, 0.1) is 11.6 Å². The van der Waals surface area contributed by atoms with Crippen molar-refractivity contribution in [2.45, 2.75) is 0 Å². The zero-order valence-electron chi connectivity index (χ0n) is 14.6. The van der Waals surface area contributed by atoms with Crippen LogP contribution in [-0.2, 0) is 10.2 Å². The van der Waals surface area contributed by atoms with Crippen LogP contribution in [0.2, 0.25) is 0 Å². The first-order valence-corrected chi connectivity index (χ1v) is 9.87. The molecule has 0 aromatic heterocycles. The summed E-state index contributed by atoms with van der Waals surface area (Å²) in [6.07, 6.45) is 0. The van der Waals surface area contributed by atoms with Crippen LogP contribution in [0.3, 0.4) is 0 Å². The fourth-order valence-corrected chi connectivity index (χ4v) is 4.71. The highest BCUT2D eigenvalue weighted by molar-refractivity contribution is 7.86. The second-order valence-electron chi connectivity index (χ2n) is 6.53. The average Bonchev–Trinajstić information content (AvgIpc) is 2.63. The van der Waals surface area contributed by atoms with Crippen LogP contribution in [0.4, 0.5) is 8.78 Å². The molecule has 0 radical (unpaired) electrons. The number of carbonyl (C=O) groups is 1. The number of carbonyl (C=O) groups excluding carboxylic acids is 1. The van der Waals surface area contributed by atoms with Crippen LogP contribution < -0.4 is 0 Å². The average molecular weight is 388 g/mol. The van der Waals surface area contributed by atoms with Crippen molar-refractivity contribution in [1.82, 2.24) is 18.4 Å². The van der Waals surface area contributed by atoms with Crippen LogP contribution in [0.15, 0.2) is 18.2 Å². The highest BCUT2D eigenvalue weighted by Crippen LogP contribution is 2.17. The zero-order valence-corrected chi connectivity index (χ0v) is 15.4. The lowest BCUT2D eigenvalue weighted by Crippen LogP contribution is -2.57. The number of rotatable bonds is 3. The third-order valence-corrected chi connectivity index (χ3v) is 6.83.